The largest absolute Gasteiger partial charge is 0.375 e. The first-order chi connectivity index (χ1) is 17.3. The van der Waals surface area contributed by atoms with Crippen molar-refractivity contribution in [3.8, 4) is 0 Å². The van der Waals surface area contributed by atoms with Gasteiger partial charge in [0.15, 0.2) is 5.13 Å². The highest BCUT2D eigenvalue weighted by atomic mass is 32.1. The van der Waals surface area contributed by atoms with E-state index in [9.17, 15) is 14.4 Å². The smallest absolute Gasteiger partial charge is 0.255 e. The molecule has 36 heavy (non-hydrogen) atoms. The first kappa shape index (κ1) is 23.5. The number of nitrogen functional groups attached to an aromatic ring is 1. The van der Waals surface area contributed by atoms with Crippen LogP contribution in [-0.2, 0) is 17.8 Å². The number of anilines is 3. The number of aryl methyl sites for hydroxylation is 1. The molecule has 0 saturated carbocycles. The van der Waals surface area contributed by atoms with Gasteiger partial charge < -0.3 is 21.3 Å². The van der Waals surface area contributed by atoms with Crippen LogP contribution >= 0.6 is 11.3 Å². The number of fused-ring (bicyclic) bond motifs is 2. The van der Waals surface area contributed by atoms with Crippen molar-refractivity contribution in [2.24, 2.45) is 0 Å². The van der Waals surface area contributed by atoms with Crippen LogP contribution in [-0.4, -0.2) is 34.2 Å². The fourth-order valence-electron chi connectivity index (χ4n) is 4.36. The molecule has 8 nitrogen and oxygen atoms in total. The Balaban J connectivity index is 1.32. The van der Waals surface area contributed by atoms with Gasteiger partial charge in [-0.2, -0.15) is 0 Å². The number of aromatic nitrogens is 1. The molecule has 5 rings (SSSR count). The average Bonchev–Trinajstić information content (AvgIpc) is 3.23. The van der Waals surface area contributed by atoms with Crippen molar-refractivity contribution in [2.75, 3.05) is 22.9 Å². The summed E-state index contributed by atoms with van der Waals surface area (Å²) in [5.41, 5.74) is 11.9. The zero-order valence-electron chi connectivity index (χ0n) is 19.9. The number of amides is 3. The maximum Gasteiger partial charge on any atom is 0.255 e. The van der Waals surface area contributed by atoms with Crippen LogP contribution in [0.2, 0.25) is 0 Å². The molecule has 9 heteroatoms. The van der Waals surface area contributed by atoms with Gasteiger partial charge in [0.1, 0.15) is 0 Å². The predicted octanol–water partition coefficient (Wildman–Crippen LogP) is 4.60. The summed E-state index contributed by atoms with van der Waals surface area (Å²) in [7, 11) is 0. The van der Waals surface area contributed by atoms with Gasteiger partial charge >= 0.3 is 0 Å². The molecule has 4 N–H and O–H groups in total. The van der Waals surface area contributed by atoms with E-state index in [0.717, 1.165) is 33.3 Å². The standard InChI is InChI=1S/C27H25N5O3S/c1-15-3-7-21(13-23(15)29-16(2)33)30-25(34)18-5-4-17-9-10-32(14-20(17)11-18)26(35)19-6-8-22-24(12-19)36-27(28)31-22/h3-8,11-13H,9-10,14H2,1-2H3,(H2,28,31)(H,29,33)(H,30,34). The normalized spacial score (nSPS) is 12.8. The Hall–Kier alpha value is -4.24. The van der Waals surface area contributed by atoms with E-state index in [-0.39, 0.29) is 17.7 Å². The number of carbonyl (C=O) groups excluding carboxylic acids is 3. The Labute approximate surface area is 212 Å². The molecule has 0 saturated heterocycles. The Bertz CT molecular complexity index is 1530. The lowest BCUT2D eigenvalue weighted by Gasteiger charge is -2.29. The van der Waals surface area contributed by atoms with Crippen LogP contribution in [0.15, 0.2) is 54.6 Å². The summed E-state index contributed by atoms with van der Waals surface area (Å²) in [5, 5.41) is 6.15. The monoisotopic (exact) mass is 499 g/mol. The van der Waals surface area contributed by atoms with Crippen LogP contribution in [0.1, 0.15) is 44.3 Å². The van der Waals surface area contributed by atoms with E-state index in [1.54, 1.807) is 29.2 Å². The number of hydrogen-bond acceptors (Lipinski definition) is 6. The van der Waals surface area contributed by atoms with Gasteiger partial charge in [0.2, 0.25) is 5.91 Å². The number of nitrogens with one attached hydrogen (secondary N) is 2. The number of benzene rings is 3. The third-order valence-corrected chi connectivity index (χ3v) is 7.07. The molecule has 0 spiro atoms. The summed E-state index contributed by atoms with van der Waals surface area (Å²) in [6.45, 7) is 4.36. The summed E-state index contributed by atoms with van der Waals surface area (Å²) < 4.78 is 0.882. The molecular weight excluding hydrogens is 474 g/mol. The van der Waals surface area contributed by atoms with Gasteiger partial charge in [0.25, 0.3) is 11.8 Å². The molecule has 0 fully saturated rings. The van der Waals surface area contributed by atoms with E-state index in [2.05, 4.69) is 15.6 Å². The van der Waals surface area contributed by atoms with E-state index < -0.39 is 0 Å². The second-order valence-electron chi connectivity index (χ2n) is 8.86. The summed E-state index contributed by atoms with van der Waals surface area (Å²) in [6.07, 6.45) is 0.719. The zero-order chi connectivity index (χ0) is 25.4. The molecule has 0 unspecified atom stereocenters. The van der Waals surface area contributed by atoms with Gasteiger partial charge in [-0.05, 0) is 72.5 Å². The quantitative estimate of drug-likeness (QED) is 0.379. The van der Waals surface area contributed by atoms with E-state index in [1.807, 2.05) is 37.3 Å². The van der Waals surface area contributed by atoms with Gasteiger partial charge in [-0.25, -0.2) is 4.98 Å². The highest BCUT2D eigenvalue weighted by Gasteiger charge is 2.23. The summed E-state index contributed by atoms with van der Waals surface area (Å²) in [6, 6.07) is 16.4. The maximum atomic E-state index is 13.2. The minimum Gasteiger partial charge on any atom is -0.375 e. The molecule has 1 aliphatic heterocycles. The molecule has 1 aromatic heterocycles. The van der Waals surface area contributed by atoms with Gasteiger partial charge in [-0.1, -0.05) is 23.5 Å². The SMILES string of the molecule is CC(=O)Nc1cc(NC(=O)c2ccc3c(c2)CN(C(=O)c2ccc4nc(N)sc4c2)CC3)ccc1C. The summed E-state index contributed by atoms with van der Waals surface area (Å²) >= 11 is 1.36. The van der Waals surface area contributed by atoms with Crippen molar-refractivity contribution in [1.29, 1.82) is 0 Å². The first-order valence-electron chi connectivity index (χ1n) is 11.5. The van der Waals surface area contributed by atoms with Crippen LogP contribution in [0.25, 0.3) is 10.2 Å². The molecule has 182 valence electrons. The minimum atomic E-state index is -0.257. The maximum absolute atomic E-state index is 13.2. The number of nitrogens with two attached hydrogens (primary N) is 1. The molecule has 2 heterocycles. The van der Waals surface area contributed by atoms with Crippen molar-refractivity contribution in [3.05, 3.63) is 82.4 Å². The van der Waals surface area contributed by atoms with Crippen LogP contribution in [0.4, 0.5) is 16.5 Å². The third-order valence-electron chi connectivity index (χ3n) is 6.23. The third kappa shape index (κ3) is 4.78. The molecule has 1 aliphatic rings. The number of nitrogens with zero attached hydrogens (tertiary/aromatic N) is 2. The highest BCUT2D eigenvalue weighted by molar-refractivity contribution is 7.22. The van der Waals surface area contributed by atoms with Crippen LogP contribution < -0.4 is 16.4 Å². The molecule has 0 aliphatic carbocycles. The molecule has 3 aromatic carbocycles. The van der Waals surface area contributed by atoms with Crippen LogP contribution in [0, 0.1) is 6.92 Å². The molecule has 0 radical (unpaired) electrons. The second-order valence-corrected chi connectivity index (χ2v) is 9.92. The number of hydrogen-bond donors (Lipinski definition) is 3. The molecule has 0 bridgehead atoms. The van der Waals surface area contributed by atoms with Gasteiger partial charge in [-0.15, -0.1) is 0 Å². The molecule has 0 atom stereocenters. The fourth-order valence-corrected chi connectivity index (χ4v) is 5.13. The van der Waals surface area contributed by atoms with Gasteiger partial charge in [-0.3, -0.25) is 14.4 Å². The van der Waals surface area contributed by atoms with Gasteiger partial charge in [0, 0.05) is 42.5 Å². The molecule has 3 amide bonds. The number of rotatable bonds is 4. The van der Waals surface area contributed by atoms with Crippen LogP contribution in [0.5, 0.6) is 0 Å². The fraction of sp³-hybridized carbons (Fsp3) is 0.185. The van der Waals surface area contributed by atoms with E-state index in [1.165, 1.54) is 18.3 Å². The average molecular weight is 500 g/mol. The van der Waals surface area contributed by atoms with Gasteiger partial charge in [0.05, 0.1) is 10.2 Å². The van der Waals surface area contributed by atoms with Crippen molar-refractivity contribution >= 4 is 55.8 Å². The van der Waals surface area contributed by atoms with E-state index in [4.69, 9.17) is 5.73 Å². The minimum absolute atomic E-state index is 0.0606. The van der Waals surface area contributed by atoms with Crippen molar-refractivity contribution in [3.63, 3.8) is 0 Å². The Morgan fingerprint density at radius 1 is 0.972 bits per heavy atom. The Morgan fingerprint density at radius 2 is 1.78 bits per heavy atom. The number of thiazole rings is 1. The van der Waals surface area contributed by atoms with Crippen molar-refractivity contribution < 1.29 is 14.4 Å². The lowest BCUT2D eigenvalue weighted by atomic mass is 9.96. The highest BCUT2D eigenvalue weighted by Crippen LogP contribution is 2.27. The van der Waals surface area contributed by atoms with E-state index in [0.29, 0.717) is 40.7 Å². The van der Waals surface area contributed by atoms with Crippen molar-refractivity contribution in [1.82, 2.24) is 9.88 Å². The molecule has 4 aromatic rings. The van der Waals surface area contributed by atoms with Crippen LogP contribution in [0.3, 0.4) is 0 Å². The summed E-state index contributed by atoms with van der Waals surface area (Å²) in [4.78, 5) is 43.7. The lowest BCUT2D eigenvalue weighted by Crippen LogP contribution is -2.36. The van der Waals surface area contributed by atoms with E-state index >= 15 is 0 Å². The molecular formula is C27H25N5O3S. The Morgan fingerprint density at radius 3 is 2.58 bits per heavy atom. The lowest BCUT2D eigenvalue weighted by molar-refractivity contribution is -0.114. The number of carbonyl (C=O) groups is 3. The first-order valence-corrected chi connectivity index (χ1v) is 12.4. The predicted molar refractivity (Wildman–Crippen MR) is 142 cm³/mol. The Kier molecular flexibility index (Phi) is 6.15. The zero-order valence-corrected chi connectivity index (χ0v) is 20.7. The second kappa shape index (κ2) is 9.43. The summed E-state index contributed by atoms with van der Waals surface area (Å²) in [5.74, 6) is -0.492. The van der Waals surface area contributed by atoms with Crippen molar-refractivity contribution in [2.45, 2.75) is 26.8 Å². The topological polar surface area (TPSA) is 117 Å².